The summed E-state index contributed by atoms with van der Waals surface area (Å²) in [4.78, 5) is 15.6. The summed E-state index contributed by atoms with van der Waals surface area (Å²) in [5.74, 6) is -0.679. The van der Waals surface area contributed by atoms with Gasteiger partial charge in [-0.1, -0.05) is 54.4 Å². The van der Waals surface area contributed by atoms with Gasteiger partial charge in [-0.3, -0.25) is 4.79 Å². The van der Waals surface area contributed by atoms with Gasteiger partial charge in [-0.05, 0) is 62.6 Å². The molecule has 0 radical (unpaired) electrons. The number of rotatable bonds is 9. The van der Waals surface area contributed by atoms with Crippen LogP contribution in [0.15, 0.2) is 48.5 Å². The predicted molar refractivity (Wildman–Crippen MR) is 145 cm³/mol. The maximum absolute atomic E-state index is 14.0. The molecule has 2 N–H and O–H groups in total. The van der Waals surface area contributed by atoms with E-state index in [2.05, 4.69) is 0 Å². The highest BCUT2D eigenvalue weighted by molar-refractivity contribution is 7.92. The molecular weight excluding hydrogens is 537 g/mol. The normalized spacial score (nSPS) is 22.6. The highest BCUT2D eigenvalue weighted by atomic mass is 35.5. The molecule has 1 heterocycles. The summed E-state index contributed by atoms with van der Waals surface area (Å²) < 4.78 is 31.9. The Kier molecular flexibility index (Phi) is 9.70. The maximum atomic E-state index is 14.0. The van der Waals surface area contributed by atoms with Crippen molar-refractivity contribution in [2.45, 2.75) is 75.7 Å². The summed E-state index contributed by atoms with van der Waals surface area (Å²) in [6.45, 7) is 6.23. The fourth-order valence-electron chi connectivity index (χ4n) is 4.48. The number of benzene rings is 2. The smallest absolute Gasteiger partial charge is 0.252 e. The summed E-state index contributed by atoms with van der Waals surface area (Å²) in [7, 11) is -3.59. The summed E-state index contributed by atoms with van der Waals surface area (Å²) in [6, 6.07) is 12.7. The second-order valence-corrected chi connectivity index (χ2v) is 14.0. The highest BCUT2D eigenvalue weighted by Crippen LogP contribution is 2.45. The SMILES string of the molecule is CCC(CS(=O)(=O)C(C)(C)C)N1C(=O)[C@@H](CC(O)CO)O[C@H](c2cccc(Cl)c2)[C@H]1c1ccc(Cl)cc1. The van der Waals surface area contributed by atoms with Gasteiger partial charge in [0.25, 0.3) is 5.91 Å². The Bertz CT molecular complexity index is 1180. The van der Waals surface area contributed by atoms with Gasteiger partial charge in [0.2, 0.25) is 0 Å². The van der Waals surface area contributed by atoms with Gasteiger partial charge in [-0.15, -0.1) is 0 Å². The number of ether oxygens (including phenoxy) is 1. The topological polar surface area (TPSA) is 104 Å². The van der Waals surface area contributed by atoms with Gasteiger partial charge in [0.1, 0.15) is 12.2 Å². The monoisotopic (exact) mass is 571 g/mol. The molecule has 1 aliphatic heterocycles. The number of hydrogen-bond acceptors (Lipinski definition) is 6. The van der Waals surface area contributed by atoms with Gasteiger partial charge in [-0.25, -0.2) is 8.42 Å². The number of amides is 1. The van der Waals surface area contributed by atoms with E-state index in [1.807, 2.05) is 13.0 Å². The lowest BCUT2D eigenvalue weighted by Gasteiger charge is -2.48. The van der Waals surface area contributed by atoms with Crippen molar-refractivity contribution < 1.29 is 28.2 Å². The average molecular weight is 573 g/mol. The molecule has 0 aliphatic carbocycles. The number of aliphatic hydroxyl groups excluding tert-OH is 2. The van der Waals surface area contributed by atoms with E-state index in [0.717, 1.165) is 5.56 Å². The van der Waals surface area contributed by atoms with Crippen molar-refractivity contribution in [1.82, 2.24) is 4.90 Å². The van der Waals surface area contributed by atoms with Crippen LogP contribution in [0, 0.1) is 0 Å². The van der Waals surface area contributed by atoms with Crippen LogP contribution < -0.4 is 0 Å². The number of halogens is 2. The van der Waals surface area contributed by atoms with Crippen LogP contribution in [-0.2, 0) is 19.4 Å². The van der Waals surface area contributed by atoms with E-state index >= 15 is 0 Å². The summed E-state index contributed by atoms with van der Waals surface area (Å²) in [5, 5.41) is 20.6. The zero-order chi connectivity index (χ0) is 27.5. The van der Waals surface area contributed by atoms with Crippen molar-refractivity contribution in [3.05, 3.63) is 69.7 Å². The van der Waals surface area contributed by atoms with Gasteiger partial charge in [0.05, 0.1) is 29.3 Å². The molecule has 1 amide bonds. The largest absolute Gasteiger partial charge is 0.394 e. The fourth-order valence-corrected chi connectivity index (χ4v) is 6.21. The van der Waals surface area contributed by atoms with E-state index in [4.69, 9.17) is 27.9 Å². The molecule has 0 saturated carbocycles. The third-order valence-electron chi connectivity index (χ3n) is 6.72. The molecule has 37 heavy (non-hydrogen) atoms. The first kappa shape index (κ1) is 29.9. The van der Waals surface area contributed by atoms with Gasteiger partial charge in [0.15, 0.2) is 9.84 Å². The van der Waals surface area contributed by atoms with E-state index in [0.29, 0.717) is 22.0 Å². The molecule has 0 bridgehead atoms. The Hall–Kier alpha value is -1.68. The number of carbonyl (C=O) groups excluding carboxylic acids is 1. The minimum absolute atomic E-state index is 0.140. The van der Waals surface area contributed by atoms with Crippen LogP contribution in [0.3, 0.4) is 0 Å². The zero-order valence-electron chi connectivity index (χ0n) is 21.5. The van der Waals surface area contributed by atoms with Gasteiger partial charge < -0.3 is 19.8 Å². The first-order chi connectivity index (χ1) is 17.3. The maximum Gasteiger partial charge on any atom is 0.252 e. The average Bonchev–Trinajstić information content (AvgIpc) is 2.83. The summed E-state index contributed by atoms with van der Waals surface area (Å²) in [6.07, 6.45) is -2.76. The Morgan fingerprint density at radius 1 is 1.05 bits per heavy atom. The van der Waals surface area contributed by atoms with Crippen molar-refractivity contribution in [2.24, 2.45) is 0 Å². The number of aliphatic hydroxyl groups is 2. The van der Waals surface area contributed by atoms with Crippen LogP contribution >= 0.6 is 23.2 Å². The lowest BCUT2D eigenvalue weighted by Crippen LogP contribution is -2.57. The Balaban J connectivity index is 2.20. The molecule has 1 fully saturated rings. The Morgan fingerprint density at radius 2 is 1.70 bits per heavy atom. The Labute approximate surface area is 229 Å². The summed E-state index contributed by atoms with van der Waals surface area (Å²) >= 11 is 12.5. The second kappa shape index (κ2) is 12.0. The lowest BCUT2D eigenvalue weighted by atomic mass is 9.89. The summed E-state index contributed by atoms with van der Waals surface area (Å²) in [5.41, 5.74) is 1.41. The van der Waals surface area contributed by atoms with Crippen LogP contribution in [0.4, 0.5) is 0 Å². The fraction of sp³-hybridized carbons (Fsp3) is 0.519. The van der Waals surface area contributed by atoms with Crippen molar-refractivity contribution >= 4 is 38.9 Å². The van der Waals surface area contributed by atoms with E-state index in [1.165, 1.54) is 0 Å². The van der Waals surface area contributed by atoms with Crippen LogP contribution in [0.1, 0.15) is 63.8 Å². The molecule has 3 rings (SSSR count). The third kappa shape index (κ3) is 6.85. The predicted octanol–water partition coefficient (Wildman–Crippen LogP) is 4.74. The number of hydrogen-bond donors (Lipinski definition) is 2. The second-order valence-electron chi connectivity index (χ2n) is 10.4. The molecule has 7 nitrogen and oxygen atoms in total. The van der Waals surface area contributed by atoms with Gasteiger partial charge >= 0.3 is 0 Å². The van der Waals surface area contributed by atoms with E-state index in [-0.39, 0.29) is 12.2 Å². The minimum Gasteiger partial charge on any atom is -0.394 e. The molecular formula is C27H35Cl2NO6S. The van der Waals surface area contributed by atoms with Crippen molar-refractivity contribution in [3.63, 3.8) is 0 Å². The number of sulfone groups is 1. The zero-order valence-corrected chi connectivity index (χ0v) is 23.8. The molecule has 204 valence electrons. The molecule has 2 aromatic rings. The quantitative estimate of drug-likeness (QED) is 0.450. The highest BCUT2D eigenvalue weighted by Gasteiger charge is 2.48. The number of carbonyl (C=O) groups is 1. The molecule has 2 unspecified atom stereocenters. The molecule has 10 heteroatoms. The molecule has 1 aliphatic rings. The van der Waals surface area contributed by atoms with Crippen LogP contribution in [0.2, 0.25) is 10.0 Å². The lowest BCUT2D eigenvalue weighted by molar-refractivity contribution is -0.182. The molecule has 0 spiro atoms. The van der Waals surface area contributed by atoms with Gasteiger partial charge in [0, 0.05) is 22.5 Å². The molecule has 1 saturated heterocycles. The van der Waals surface area contributed by atoms with E-state index < -0.39 is 57.5 Å². The first-order valence-corrected chi connectivity index (χ1v) is 14.7. The van der Waals surface area contributed by atoms with Crippen LogP contribution in [0.5, 0.6) is 0 Å². The van der Waals surface area contributed by atoms with Crippen molar-refractivity contribution in [2.75, 3.05) is 12.4 Å². The van der Waals surface area contributed by atoms with E-state index in [9.17, 15) is 23.4 Å². The standard InChI is InChI=1S/C27H35Cl2NO6S/c1-5-21(16-37(34,35)27(2,3)4)30-24(17-9-11-19(28)12-10-17)25(18-7-6-8-20(29)13-18)36-23(26(30)33)14-22(32)15-31/h6-13,21-25,31-32H,5,14-16H2,1-4H3/t21?,22?,23-,24-,25-/m1/s1. The first-order valence-electron chi connectivity index (χ1n) is 12.3. The molecule has 5 atom stereocenters. The van der Waals surface area contributed by atoms with Crippen molar-refractivity contribution in [3.8, 4) is 0 Å². The van der Waals surface area contributed by atoms with E-state index in [1.54, 1.807) is 68.1 Å². The van der Waals surface area contributed by atoms with Crippen LogP contribution in [-0.4, -0.2) is 64.8 Å². The van der Waals surface area contributed by atoms with Crippen LogP contribution in [0.25, 0.3) is 0 Å². The molecule has 2 aromatic carbocycles. The molecule has 0 aromatic heterocycles. The Morgan fingerprint density at radius 3 is 2.24 bits per heavy atom. The number of nitrogens with zero attached hydrogens (tertiary/aromatic N) is 1. The minimum atomic E-state index is -3.59. The van der Waals surface area contributed by atoms with Gasteiger partial charge in [-0.2, -0.15) is 0 Å². The third-order valence-corrected chi connectivity index (χ3v) is 9.90. The van der Waals surface area contributed by atoms with Crippen molar-refractivity contribution in [1.29, 1.82) is 0 Å². The number of morpholine rings is 1.